The Morgan fingerprint density at radius 1 is 1.89 bits per heavy atom. The van der Waals surface area contributed by atoms with Crippen LogP contribution in [-0.4, -0.2) is 33.3 Å². The molecule has 0 spiro atoms. The van der Waals surface area contributed by atoms with Gasteiger partial charge in [-0.05, 0) is 0 Å². The maximum Gasteiger partial charge on any atom is 0.321 e. The molecule has 0 aliphatic heterocycles. The lowest BCUT2D eigenvalue weighted by atomic mass is 10.4. The highest BCUT2D eigenvalue weighted by molar-refractivity contribution is 7.84. The van der Waals surface area contributed by atoms with Crippen molar-refractivity contribution in [2.45, 2.75) is 6.04 Å². The zero-order valence-electron chi connectivity index (χ0n) is 5.03. The molecule has 0 aliphatic rings. The summed E-state index contributed by atoms with van der Waals surface area (Å²) >= 11 is 0. The third-order valence-corrected chi connectivity index (χ3v) is 1.56. The maximum absolute atomic E-state index is 10.3. The van der Waals surface area contributed by atoms with E-state index in [1.165, 1.54) is 6.26 Å². The van der Waals surface area contributed by atoms with Gasteiger partial charge in [-0.15, -0.1) is 0 Å². The van der Waals surface area contributed by atoms with Gasteiger partial charge in [0, 0.05) is 22.8 Å². The number of carboxylic acids is 1. The summed E-state index contributed by atoms with van der Waals surface area (Å²) in [6.45, 7) is 0. The minimum Gasteiger partial charge on any atom is -0.480 e. The molecule has 0 bridgehead atoms. The van der Waals surface area contributed by atoms with Crippen LogP contribution < -0.4 is 5.73 Å². The summed E-state index contributed by atoms with van der Waals surface area (Å²) in [4.78, 5) is 9.98. The van der Waals surface area contributed by atoms with Crippen molar-refractivity contribution in [3.8, 4) is 0 Å². The zero-order chi connectivity index (χ0) is 7.44. The van der Waals surface area contributed by atoms with Crippen molar-refractivity contribution in [2.75, 3.05) is 12.0 Å². The molecule has 0 saturated heterocycles. The predicted octanol–water partition coefficient (Wildman–Crippen LogP) is -1.22. The number of nitrogens with two attached hydrogens (primary N) is 1. The predicted molar refractivity (Wildman–Crippen MR) is 34.5 cm³/mol. The van der Waals surface area contributed by atoms with Gasteiger partial charge in [0.25, 0.3) is 0 Å². The Kier molecular flexibility index (Phi) is 3.41. The number of hydrogen-bond acceptors (Lipinski definition) is 3. The van der Waals surface area contributed by atoms with Crippen molar-refractivity contribution in [3.63, 3.8) is 0 Å². The van der Waals surface area contributed by atoms with Crippen LogP contribution in [0.4, 0.5) is 0 Å². The Bertz CT molecular complexity index is 136. The minimum absolute atomic E-state index is 0.0231. The van der Waals surface area contributed by atoms with Gasteiger partial charge in [0.15, 0.2) is 0 Å². The molecule has 0 radical (unpaired) electrons. The van der Waals surface area contributed by atoms with E-state index in [9.17, 15) is 9.00 Å². The van der Waals surface area contributed by atoms with E-state index < -0.39 is 22.8 Å². The fourth-order valence-electron chi connectivity index (χ4n) is 0.324. The van der Waals surface area contributed by atoms with Crippen LogP contribution in [0, 0.1) is 0 Å². The Morgan fingerprint density at radius 3 is 2.44 bits per heavy atom. The largest absolute Gasteiger partial charge is 0.480 e. The lowest BCUT2D eigenvalue weighted by Gasteiger charge is -2.00. The molecule has 0 saturated carbocycles. The van der Waals surface area contributed by atoms with Gasteiger partial charge in [-0.2, -0.15) is 0 Å². The second-order valence-corrected chi connectivity index (χ2v) is 3.16. The number of carbonyl (C=O) groups is 1. The molecule has 0 heterocycles. The fraction of sp³-hybridized carbons (Fsp3) is 0.750. The van der Waals surface area contributed by atoms with Gasteiger partial charge in [0.1, 0.15) is 6.04 Å². The fourth-order valence-corrected chi connectivity index (χ4v) is 0.972. The Labute approximate surface area is 55.5 Å². The van der Waals surface area contributed by atoms with Crippen molar-refractivity contribution in [1.82, 2.24) is 0 Å². The third kappa shape index (κ3) is 4.11. The molecule has 54 valence electrons. The van der Waals surface area contributed by atoms with E-state index in [2.05, 4.69) is 0 Å². The molecule has 0 aromatic carbocycles. The summed E-state index contributed by atoms with van der Waals surface area (Å²) in [6.07, 6.45) is 1.42. The first kappa shape index (κ1) is 8.58. The molecule has 2 atom stereocenters. The Morgan fingerprint density at radius 2 is 2.33 bits per heavy atom. The van der Waals surface area contributed by atoms with Gasteiger partial charge in [-0.25, -0.2) is 0 Å². The lowest BCUT2D eigenvalue weighted by molar-refractivity contribution is -0.137. The summed E-state index contributed by atoms with van der Waals surface area (Å²) in [6, 6.07) is -0.990. The van der Waals surface area contributed by atoms with Crippen LogP contribution in [0.15, 0.2) is 0 Å². The average Bonchev–Trinajstić information content (AvgIpc) is 1.63. The van der Waals surface area contributed by atoms with E-state index in [0.717, 1.165) is 0 Å². The van der Waals surface area contributed by atoms with Crippen LogP contribution in [0.1, 0.15) is 0 Å². The van der Waals surface area contributed by atoms with Gasteiger partial charge in [-0.1, -0.05) is 0 Å². The Balaban J connectivity index is 3.63. The van der Waals surface area contributed by atoms with E-state index in [1.54, 1.807) is 0 Å². The van der Waals surface area contributed by atoms with Gasteiger partial charge >= 0.3 is 5.97 Å². The highest BCUT2D eigenvalue weighted by Gasteiger charge is 2.11. The smallest absolute Gasteiger partial charge is 0.321 e. The molecule has 1 unspecified atom stereocenters. The SMILES string of the molecule is CS(=O)C[C@@H](N)C(=O)O. The first-order chi connectivity index (χ1) is 4.04. The molecule has 4 nitrogen and oxygen atoms in total. The van der Waals surface area contributed by atoms with Crippen LogP contribution >= 0.6 is 0 Å². The number of aliphatic carboxylic acids is 1. The van der Waals surface area contributed by atoms with E-state index in [1.807, 2.05) is 0 Å². The van der Waals surface area contributed by atoms with Crippen molar-refractivity contribution >= 4 is 16.8 Å². The van der Waals surface area contributed by atoms with Crippen LogP contribution in [-0.2, 0) is 15.6 Å². The van der Waals surface area contributed by atoms with Crippen LogP contribution in [0.25, 0.3) is 0 Å². The maximum atomic E-state index is 10.3. The zero-order valence-corrected chi connectivity index (χ0v) is 5.85. The van der Waals surface area contributed by atoms with Gasteiger partial charge in [-0.3, -0.25) is 9.00 Å². The minimum atomic E-state index is -1.12. The number of rotatable bonds is 3. The molecule has 0 rings (SSSR count). The number of hydrogen-bond donors (Lipinski definition) is 2. The topological polar surface area (TPSA) is 80.4 Å². The summed E-state index contributed by atoms with van der Waals surface area (Å²) in [7, 11) is -1.12. The van der Waals surface area contributed by atoms with Crippen LogP contribution in [0.3, 0.4) is 0 Å². The quantitative estimate of drug-likeness (QED) is 0.529. The van der Waals surface area contributed by atoms with E-state index in [0.29, 0.717) is 0 Å². The first-order valence-corrected chi connectivity index (χ1v) is 4.05. The summed E-state index contributed by atoms with van der Waals surface area (Å²) in [5.74, 6) is -1.08. The van der Waals surface area contributed by atoms with Gasteiger partial charge in [0.2, 0.25) is 0 Å². The highest BCUT2D eigenvalue weighted by Crippen LogP contribution is 1.81. The molecular formula is C4H9NO3S. The molecule has 0 aromatic heterocycles. The summed E-state index contributed by atoms with van der Waals surface area (Å²) in [5.41, 5.74) is 5.02. The second-order valence-electron chi connectivity index (χ2n) is 1.68. The standard InChI is InChI=1S/C4H9NO3S/c1-9(8)2-3(5)4(6)7/h3H,2,5H2,1H3,(H,6,7)/t3-,9?/m1/s1. The van der Waals surface area contributed by atoms with Crippen LogP contribution in [0.2, 0.25) is 0 Å². The molecule has 0 fully saturated rings. The second kappa shape index (κ2) is 3.58. The molecule has 5 heteroatoms. The highest BCUT2D eigenvalue weighted by atomic mass is 32.2. The number of carboxylic acid groups (broad SMARTS) is 1. The normalized spacial score (nSPS) is 16.7. The average molecular weight is 151 g/mol. The monoisotopic (exact) mass is 151 g/mol. The van der Waals surface area contributed by atoms with Crippen molar-refractivity contribution in [3.05, 3.63) is 0 Å². The van der Waals surface area contributed by atoms with Gasteiger partial charge < -0.3 is 10.8 Å². The molecule has 0 amide bonds. The van der Waals surface area contributed by atoms with Crippen LogP contribution in [0.5, 0.6) is 0 Å². The molecule has 0 aromatic rings. The lowest BCUT2D eigenvalue weighted by Crippen LogP contribution is -2.35. The van der Waals surface area contributed by atoms with Crippen molar-refractivity contribution in [1.29, 1.82) is 0 Å². The third-order valence-electron chi connectivity index (χ3n) is 0.731. The molecular weight excluding hydrogens is 142 g/mol. The summed E-state index contributed by atoms with van der Waals surface area (Å²) in [5, 5.41) is 8.17. The first-order valence-electron chi connectivity index (χ1n) is 2.32. The van der Waals surface area contributed by atoms with E-state index in [-0.39, 0.29) is 5.75 Å². The van der Waals surface area contributed by atoms with E-state index >= 15 is 0 Å². The van der Waals surface area contributed by atoms with E-state index in [4.69, 9.17) is 10.8 Å². The molecule has 0 aliphatic carbocycles. The molecule has 3 N–H and O–H groups in total. The molecule has 9 heavy (non-hydrogen) atoms. The van der Waals surface area contributed by atoms with Gasteiger partial charge in [0.05, 0.1) is 0 Å². The summed E-state index contributed by atoms with van der Waals surface area (Å²) < 4.78 is 10.3. The van der Waals surface area contributed by atoms with Crippen molar-refractivity contribution in [2.24, 2.45) is 5.73 Å². The van der Waals surface area contributed by atoms with Crippen molar-refractivity contribution < 1.29 is 14.1 Å². The Hall–Kier alpha value is -0.420.